The molecule has 0 saturated carbocycles. The molecule has 19 heavy (non-hydrogen) atoms. The van der Waals surface area contributed by atoms with Crippen molar-refractivity contribution < 1.29 is 0 Å². The van der Waals surface area contributed by atoms with Crippen LogP contribution in [-0.2, 0) is 0 Å². The highest BCUT2D eigenvalue weighted by Crippen LogP contribution is 2.36. The minimum atomic E-state index is -0.100. The highest BCUT2D eigenvalue weighted by Gasteiger charge is 2.15. The van der Waals surface area contributed by atoms with E-state index in [0.717, 1.165) is 31.4 Å². The van der Waals surface area contributed by atoms with Crippen LogP contribution < -0.4 is 5.56 Å². The van der Waals surface area contributed by atoms with E-state index in [1.807, 2.05) is 32.0 Å². The second-order valence-electron chi connectivity index (χ2n) is 4.41. The first-order valence-corrected chi connectivity index (χ1v) is 7.00. The quantitative estimate of drug-likeness (QED) is 0.738. The molecule has 3 rings (SSSR count). The third kappa shape index (κ3) is 1.97. The van der Waals surface area contributed by atoms with Crippen LogP contribution in [0.15, 0.2) is 29.3 Å². The predicted octanol–water partition coefficient (Wildman–Crippen LogP) is 3.92. The van der Waals surface area contributed by atoms with Gasteiger partial charge < -0.3 is 4.98 Å². The maximum atomic E-state index is 12.0. The SMILES string of the molecule is Cc1cc(-c2c(C)sc3nc[nH]c(=O)c23)ccc1Cl. The normalized spacial score (nSPS) is 11.1. The Balaban J connectivity index is 2.39. The molecule has 0 unspecified atom stereocenters. The standard InChI is InChI=1S/C14H11ClN2OS/c1-7-5-9(3-4-10(7)15)11-8(2)19-14-12(11)13(18)16-6-17-14/h3-6H,1-2H3,(H,16,17,18). The number of nitrogens with one attached hydrogen (secondary N) is 1. The van der Waals surface area contributed by atoms with Gasteiger partial charge in [0.1, 0.15) is 4.83 Å². The molecule has 0 spiro atoms. The van der Waals surface area contributed by atoms with Crippen LogP contribution in [0.1, 0.15) is 10.4 Å². The molecule has 2 aromatic heterocycles. The summed E-state index contributed by atoms with van der Waals surface area (Å²) < 4.78 is 0. The van der Waals surface area contributed by atoms with E-state index in [1.54, 1.807) is 0 Å². The molecule has 0 aliphatic heterocycles. The molecule has 3 nitrogen and oxygen atoms in total. The molecule has 5 heteroatoms. The zero-order chi connectivity index (χ0) is 13.6. The Morgan fingerprint density at radius 2 is 2.11 bits per heavy atom. The number of H-pyrrole nitrogens is 1. The van der Waals surface area contributed by atoms with Crippen molar-refractivity contribution in [3.8, 4) is 11.1 Å². The zero-order valence-corrected chi connectivity index (χ0v) is 12.0. The number of hydrogen-bond acceptors (Lipinski definition) is 3. The largest absolute Gasteiger partial charge is 0.313 e. The van der Waals surface area contributed by atoms with Crippen molar-refractivity contribution in [2.45, 2.75) is 13.8 Å². The fourth-order valence-corrected chi connectivity index (χ4v) is 3.33. The van der Waals surface area contributed by atoms with Crippen molar-refractivity contribution in [1.29, 1.82) is 0 Å². The highest BCUT2D eigenvalue weighted by atomic mass is 35.5. The second-order valence-corrected chi connectivity index (χ2v) is 6.02. The molecule has 1 N–H and O–H groups in total. The lowest BCUT2D eigenvalue weighted by molar-refractivity contribution is 1.18. The number of fused-ring (bicyclic) bond motifs is 1. The predicted molar refractivity (Wildman–Crippen MR) is 80.2 cm³/mol. The fourth-order valence-electron chi connectivity index (χ4n) is 2.20. The monoisotopic (exact) mass is 290 g/mol. The lowest BCUT2D eigenvalue weighted by Gasteiger charge is -2.04. The van der Waals surface area contributed by atoms with E-state index < -0.39 is 0 Å². The summed E-state index contributed by atoms with van der Waals surface area (Å²) in [6.45, 7) is 3.96. The van der Waals surface area contributed by atoms with Crippen molar-refractivity contribution >= 4 is 33.2 Å². The number of nitrogens with zero attached hydrogens (tertiary/aromatic N) is 1. The third-order valence-electron chi connectivity index (χ3n) is 3.12. The summed E-state index contributed by atoms with van der Waals surface area (Å²) in [4.78, 5) is 20.7. The van der Waals surface area contributed by atoms with Crippen LogP contribution in [0.5, 0.6) is 0 Å². The number of rotatable bonds is 1. The van der Waals surface area contributed by atoms with Crippen LogP contribution in [0.2, 0.25) is 5.02 Å². The Labute approximate surface area is 118 Å². The van der Waals surface area contributed by atoms with Gasteiger partial charge in [-0.25, -0.2) is 4.98 Å². The van der Waals surface area contributed by atoms with E-state index in [1.165, 1.54) is 17.7 Å². The van der Waals surface area contributed by atoms with Gasteiger partial charge in [-0.3, -0.25) is 4.79 Å². The van der Waals surface area contributed by atoms with E-state index in [9.17, 15) is 4.79 Å². The minimum absolute atomic E-state index is 0.100. The molecule has 0 aliphatic carbocycles. The number of benzene rings is 1. The molecule has 2 heterocycles. The van der Waals surface area contributed by atoms with E-state index in [4.69, 9.17) is 11.6 Å². The van der Waals surface area contributed by atoms with E-state index in [2.05, 4.69) is 9.97 Å². The van der Waals surface area contributed by atoms with Gasteiger partial charge in [0.05, 0.1) is 11.7 Å². The summed E-state index contributed by atoms with van der Waals surface area (Å²) >= 11 is 7.59. The topological polar surface area (TPSA) is 45.8 Å². The summed E-state index contributed by atoms with van der Waals surface area (Å²) in [6, 6.07) is 5.80. The number of aryl methyl sites for hydroxylation is 2. The Bertz CT molecular complexity index is 835. The van der Waals surface area contributed by atoms with Gasteiger partial charge in [0.25, 0.3) is 5.56 Å². The Morgan fingerprint density at radius 3 is 2.84 bits per heavy atom. The van der Waals surface area contributed by atoms with Gasteiger partial charge in [-0.2, -0.15) is 0 Å². The van der Waals surface area contributed by atoms with Gasteiger partial charge in [0.2, 0.25) is 0 Å². The third-order valence-corrected chi connectivity index (χ3v) is 4.55. The first kappa shape index (κ1) is 12.4. The number of aromatic nitrogens is 2. The van der Waals surface area contributed by atoms with Crippen LogP contribution in [-0.4, -0.2) is 9.97 Å². The summed E-state index contributed by atoms with van der Waals surface area (Å²) in [5, 5.41) is 1.39. The van der Waals surface area contributed by atoms with Gasteiger partial charge in [-0.05, 0) is 37.1 Å². The lowest BCUT2D eigenvalue weighted by atomic mass is 10.0. The Kier molecular flexibility index (Phi) is 2.92. The summed E-state index contributed by atoms with van der Waals surface area (Å²) in [5.41, 5.74) is 2.86. The Morgan fingerprint density at radius 1 is 1.32 bits per heavy atom. The molecule has 3 aromatic rings. The van der Waals surface area contributed by atoms with Gasteiger partial charge in [-0.1, -0.05) is 17.7 Å². The smallest absolute Gasteiger partial charge is 0.260 e. The van der Waals surface area contributed by atoms with Gasteiger partial charge in [0.15, 0.2) is 0 Å². The van der Waals surface area contributed by atoms with Gasteiger partial charge in [0, 0.05) is 15.5 Å². The van der Waals surface area contributed by atoms with Crippen LogP contribution in [0.4, 0.5) is 0 Å². The zero-order valence-electron chi connectivity index (χ0n) is 10.5. The highest BCUT2D eigenvalue weighted by molar-refractivity contribution is 7.19. The minimum Gasteiger partial charge on any atom is -0.313 e. The second kappa shape index (κ2) is 4.47. The number of halogens is 1. The molecule has 0 aliphatic rings. The number of thiophene rings is 1. The first-order valence-electron chi connectivity index (χ1n) is 5.81. The molecular weight excluding hydrogens is 280 g/mol. The lowest BCUT2D eigenvalue weighted by Crippen LogP contribution is -2.05. The molecule has 0 radical (unpaired) electrons. The molecule has 0 bridgehead atoms. The molecule has 0 atom stereocenters. The molecule has 0 amide bonds. The van der Waals surface area contributed by atoms with Crippen molar-refractivity contribution in [2.24, 2.45) is 0 Å². The maximum absolute atomic E-state index is 12.0. The van der Waals surface area contributed by atoms with E-state index in [0.29, 0.717) is 5.39 Å². The maximum Gasteiger partial charge on any atom is 0.260 e. The van der Waals surface area contributed by atoms with E-state index >= 15 is 0 Å². The molecular formula is C14H11ClN2OS. The number of hydrogen-bond donors (Lipinski definition) is 1. The number of aromatic amines is 1. The fraction of sp³-hybridized carbons (Fsp3) is 0.143. The summed E-state index contributed by atoms with van der Waals surface area (Å²) in [7, 11) is 0. The molecule has 0 fully saturated rings. The summed E-state index contributed by atoms with van der Waals surface area (Å²) in [5.74, 6) is 0. The molecule has 1 aromatic carbocycles. The summed E-state index contributed by atoms with van der Waals surface area (Å²) in [6.07, 6.45) is 1.44. The first-order chi connectivity index (χ1) is 9.08. The van der Waals surface area contributed by atoms with Crippen LogP contribution in [0, 0.1) is 13.8 Å². The molecule has 0 saturated heterocycles. The average molecular weight is 291 g/mol. The van der Waals surface area contributed by atoms with Crippen LogP contribution in [0.3, 0.4) is 0 Å². The van der Waals surface area contributed by atoms with Crippen molar-refractivity contribution in [1.82, 2.24) is 9.97 Å². The van der Waals surface area contributed by atoms with Crippen molar-refractivity contribution in [3.05, 3.63) is 50.3 Å². The Hall–Kier alpha value is -1.65. The van der Waals surface area contributed by atoms with Gasteiger partial charge >= 0.3 is 0 Å². The van der Waals surface area contributed by atoms with E-state index in [-0.39, 0.29) is 5.56 Å². The van der Waals surface area contributed by atoms with Gasteiger partial charge in [-0.15, -0.1) is 11.3 Å². The van der Waals surface area contributed by atoms with Crippen LogP contribution >= 0.6 is 22.9 Å². The average Bonchev–Trinajstić information content (AvgIpc) is 2.70. The van der Waals surface area contributed by atoms with Crippen molar-refractivity contribution in [2.75, 3.05) is 0 Å². The van der Waals surface area contributed by atoms with Crippen LogP contribution in [0.25, 0.3) is 21.3 Å². The molecule has 96 valence electrons. The van der Waals surface area contributed by atoms with Crippen molar-refractivity contribution in [3.63, 3.8) is 0 Å².